The summed E-state index contributed by atoms with van der Waals surface area (Å²) >= 11 is 1.61. The molecule has 2 saturated heterocycles. The van der Waals surface area contributed by atoms with Crippen LogP contribution in [0.15, 0.2) is 11.6 Å². The molecule has 0 saturated carbocycles. The van der Waals surface area contributed by atoms with Crippen molar-refractivity contribution in [1.82, 2.24) is 14.8 Å². The van der Waals surface area contributed by atoms with Crippen molar-refractivity contribution in [3.05, 3.63) is 16.6 Å². The topological polar surface area (TPSA) is 53.5 Å². The van der Waals surface area contributed by atoms with Gasteiger partial charge < -0.3 is 9.80 Å². The Morgan fingerprint density at radius 3 is 2.95 bits per heavy atom. The van der Waals surface area contributed by atoms with Gasteiger partial charge >= 0.3 is 0 Å². The number of nitrogens with zero attached hydrogens (tertiary/aromatic N) is 3. The predicted molar refractivity (Wildman–Crippen MR) is 76.2 cm³/mol. The Hall–Kier alpha value is -1.43. The molecule has 2 atom stereocenters. The first-order valence-corrected chi connectivity index (χ1v) is 7.98. The van der Waals surface area contributed by atoms with E-state index in [0.29, 0.717) is 13.0 Å². The molecule has 1 aromatic heterocycles. The maximum Gasteiger partial charge on any atom is 0.228 e. The molecule has 3 heterocycles. The molecule has 6 heteroatoms. The van der Waals surface area contributed by atoms with Gasteiger partial charge in [-0.2, -0.15) is 0 Å². The van der Waals surface area contributed by atoms with Gasteiger partial charge in [-0.1, -0.05) is 0 Å². The lowest BCUT2D eigenvalue weighted by molar-refractivity contribution is -0.139. The molecule has 0 bridgehead atoms. The van der Waals surface area contributed by atoms with Crippen molar-refractivity contribution in [3.63, 3.8) is 0 Å². The van der Waals surface area contributed by atoms with Crippen molar-refractivity contribution in [3.8, 4) is 0 Å². The van der Waals surface area contributed by atoms with Gasteiger partial charge in [0.05, 0.1) is 12.0 Å². The highest BCUT2D eigenvalue weighted by atomic mass is 32.1. The fourth-order valence-corrected chi connectivity index (χ4v) is 3.90. The Balaban J connectivity index is 1.76. The fraction of sp³-hybridized carbons (Fsp3) is 0.643. The van der Waals surface area contributed by atoms with Gasteiger partial charge in [-0.25, -0.2) is 4.98 Å². The molecule has 2 amide bonds. The molecule has 5 nitrogen and oxygen atoms in total. The lowest BCUT2D eigenvalue weighted by Crippen LogP contribution is -2.42. The first-order valence-electron chi connectivity index (χ1n) is 7.10. The first kappa shape index (κ1) is 13.5. The molecule has 0 spiro atoms. The van der Waals surface area contributed by atoms with E-state index < -0.39 is 0 Å². The number of rotatable bonds is 2. The van der Waals surface area contributed by atoms with Crippen LogP contribution in [0.25, 0.3) is 0 Å². The summed E-state index contributed by atoms with van der Waals surface area (Å²) in [7, 11) is 1.77. The molecule has 3 rings (SSSR count). The van der Waals surface area contributed by atoms with Gasteiger partial charge in [-0.3, -0.25) is 9.59 Å². The molecule has 1 aromatic rings. The van der Waals surface area contributed by atoms with Gasteiger partial charge in [0.2, 0.25) is 11.8 Å². The number of aromatic nitrogens is 1. The van der Waals surface area contributed by atoms with Crippen LogP contribution in [0.2, 0.25) is 0 Å². The van der Waals surface area contributed by atoms with E-state index in [1.165, 1.54) is 0 Å². The molecule has 2 fully saturated rings. The van der Waals surface area contributed by atoms with Gasteiger partial charge in [0, 0.05) is 38.1 Å². The van der Waals surface area contributed by atoms with Crippen molar-refractivity contribution in [2.45, 2.75) is 31.7 Å². The molecular formula is C14H19N3O2S. The lowest BCUT2D eigenvalue weighted by Gasteiger charge is -2.36. The molecular weight excluding hydrogens is 274 g/mol. The highest BCUT2D eigenvalue weighted by Crippen LogP contribution is 2.34. The van der Waals surface area contributed by atoms with Gasteiger partial charge in [0.25, 0.3) is 0 Å². The zero-order valence-electron chi connectivity index (χ0n) is 11.6. The summed E-state index contributed by atoms with van der Waals surface area (Å²) in [6.07, 6.45) is 5.32. The molecule has 20 heavy (non-hydrogen) atoms. The van der Waals surface area contributed by atoms with Crippen molar-refractivity contribution in [1.29, 1.82) is 0 Å². The van der Waals surface area contributed by atoms with E-state index in [4.69, 9.17) is 0 Å². The van der Waals surface area contributed by atoms with Crippen LogP contribution in [0, 0.1) is 5.92 Å². The van der Waals surface area contributed by atoms with Crippen LogP contribution in [0.4, 0.5) is 0 Å². The number of piperidine rings is 1. The third-order valence-electron chi connectivity index (χ3n) is 4.21. The van der Waals surface area contributed by atoms with Crippen LogP contribution in [0.1, 0.15) is 36.7 Å². The normalized spacial score (nSPS) is 27.1. The Morgan fingerprint density at radius 2 is 2.30 bits per heavy atom. The van der Waals surface area contributed by atoms with Crippen molar-refractivity contribution >= 4 is 23.2 Å². The number of hydrogen-bond acceptors (Lipinski definition) is 4. The van der Waals surface area contributed by atoms with Crippen LogP contribution >= 0.6 is 11.3 Å². The third-order valence-corrected chi connectivity index (χ3v) is 5.09. The molecule has 0 N–H and O–H groups in total. The quantitative estimate of drug-likeness (QED) is 0.833. The molecule has 2 aliphatic rings. The minimum Gasteiger partial charge on any atom is -0.345 e. The fourth-order valence-electron chi connectivity index (χ4n) is 3.11. The second-order valence-corrected chi connectivity index (χ2v) is 6.52. The van der Waals surface area contributed by atoms with E-state index in [-0.39, 0.29) is 23.8 Å². The minimum absolute atomic E-state index is 0.0751. The van der Waals surface area contributed by atoms with Crippen LogP contribution in [0.5, 0.6) is 0 Å². The average molecular weight is 293 g/mol. The summed E-state index contributed by atoms with van der Waals surface area (Å²) in [6, 6.07) is 0.109. The number of hydrogen-bond donors (Lipinski definition) is 0. The Kier molecular flexibility index (Phi) is 3.74. The van der Waals surface area contributed by atoms with Gasteiger partial charge in [-0.05, 0) is 19.3 Å². The van der Waals surface area contributed by atoms with Gasteiger partial charge in [0.1, 0.15) is 5.01 Å². The van der Waals surface area contributed by atoms with E-state index in [2.05, 4.69) is 4.98 Å². The molecule has 0 radical (unpaired) electrons. The second kappa shape index (κ2) is 5.52. The summed E-state index contributed by atoms with van der Waals surface area (Å²) in [5.41, 5.74) is 0. The number of amides is 2. The maximum absolute atomic E-state index is 12.7. The van der Waals surface area contributed by atoms with Crippen LogP contribution in [0.3, 0.4) is 0 Å². The summed E-state index contributed by atoms with van der Waals surface area (Å²) < 4.78 is 0. The summed E-state index contributed by atoms with van der Waals surface area (Å²) in [4.78, 5) is 32.3. The first-order chi connectivity index (χ1) is 9.66. The van der Waals surface area contributed by atoms with E-state index in [1.807, 2.05) is 10.3 Å². The van der Waals surface area contributed by atoms with Crippen molar-refractivity contribution in [2.24, 2.45) is 5.92 Å². The Morgan fingerprint density at radius 1 is 1.45 bits per heavy atom. The van der Waals surface area contributed by atoms with E-state index in [1.54, 1.807) is 29.5 Å². The largest absolute Gasteiger partial charge is 0.345 e. The summed E-state index contributed by atoms with van der Waals surface area (Å²) in [5, 5.41) is 2.98. The third kappa shape index (κ3) is 2.44. The average Bonchev–Trinajstić information content (AvgIpc) is 3.09. The molecule has 2 aliphatic heterocycles. The highest BCUT2D eigenvalue weighted by Gasteiger charge is 2.38. The second-order valence-electron chi connectivity index (χ2n) is 5.59. The van der Waals surface area contributed by atoms with E-state index in [0.717, 1.165) is 30.8 Å². The zero-order chi connectivity index (χ0) is 14.1. The Bertz CT molecular complexity index is 503. The summed E-state index contributed by atoms with van der Waals surface area (Å²) in [6.45, 7) is 1.34. The standard InChI is InChI=1S/C14H19N3O2S/c1-16-9-10(8-12(16)18)14(19)17-6-3-2-4-11(17)13-15-5-7-20-13/h5,7,10-11H,2-4,6,8-9H2,1H3. The monoisotopic (exact) mass is 293 g/mol. The van der Waals surface area contributed by atoms with Crippen molar-refractivity contribution < 1.29 is 9.59 Å². The number of thiazole rings is 1. The van der Waals surface area contributed by atoms with Gasteiger partial charge in [-0.15, -0.1) is 11.3 Å². The molecule has 108 valence electrons. The van der Waals surface area contributed by atoms with E-state index >= 15 is 0 Å². The van der Waals surface area contributed by atoms with E-state index in [9.17, 15) is 9.59 Å². The maximum atomic E-state index is 12.7. The summed E-state index contributed by atoms with van der Waals surface area (Å²) in [5.74, 6) is 0.0295. The van der Waals surface area contributed by atoms with Crippen molar-refractivity contribution in [2.75, 3.05) is 20.1 Å². The van der Waals surface area contributed by atoms with Crippen LogP contribution < -0.4 is 0 Å². The van der Waals surface area contributed by atoms with Crippen LogP contribution in [-0.4, -0.2) is 46.7 Å². The lowest BCUT2D eigenvalue weighted by atomic mass is 9.99. The van der Waals surface area contributed by atoms with Crippen LogP contribution in [-0.2, 0) is 9.59 Å². The number of carbonyl (C=O) groups excluding carboxylic acids is 2. The Labute approximate surface area is 122 Å². The molecule has 0 aromatic carbocycles. The SMILES string of the molecule is CN1CC(C(=O)N2CCCCC2c2nccs2)CC1=O. The van der Waals surface area contributed by atoms with Gasteiger partial charge in [0.15, 0.2) is 0 Å². The molecule has 2 unspecified atom stereocenters. The minimum atomic E-state index is -0.173. The number of likely N-dealkylation sites (tertiary alicyclic amines) is 2. The number of carbonyl (C=O) groups is 2. The highest BCUT2D eigenvalue weighted by molar-refractivity contribution is 7.09. The zero-order valence-corrected chi connectivity index (χ0v) is 12.4. The smallest absolute Gasteiger partial charge is 0.228 e. The molecule has 0 aliphatic carbocycles. The predicted octanol–water partition coefficient (Wildman–Crippen LogP) is 1.67.